The molecular weight excluding hydrogens is 402 g/mol. The highest BCUT2D eigenvalue weighted by Crippen LogP contribution is 2.29. The number of anilines is 1. The van der Waals surface area contributed by atoms with Gasteiger partial charge in [-0.1, -0.05) is 22.9 Å². The molecule has 0 saturated heterocycles. The molecule has 1 N–H and O–H groups in total. The maximum Gasteiger partial charge on any atom is 0.419 e. The molecule has 9 heteroatoms. The van der Waals surface area contributed by atoms with Crippen LogP contribution in [-0.4, -0.2) is 22.1 Å². The van der Waals surface area contributed by atoms with Crippen LogP contribution < -0.4 is 15.8 Å². The van der Waals surface area contributed by atoms with E-state index in [0.717, 1.165) is 16.0 Å². The van der Waals surface area contributed by atoms with E-state index in [1.165, 1.54) is 15.9 Å². The summed E-state index contributed by atoms with van der Waals surface area (Å²) in [7, 11) is 0. The van der Waals surface area contributed by atoms with Crippen LogP contribution in [0, 0.1) is 0 Å². The smallest absolute Gasteiger partial charge is 0.419 e. The number of carbonyl (C=O) groups excluding carboxylic acids is 1. The minimum absolute atomic E-state index is 0.0984. The number of nitrogens with zero attached hydrogens (tertiary/aromatic N) is 2. The Morgan fingerprint density at radius 3 is 3.00 bits per heavy atom. The van der Waals surface area contributed by atoms with Gasteiger partial charge in [0.1, 0.15) is 5.75 Å². The van der Waals surface area contributed by atoms with E-state index in [1.54, 1.807) is 18.2 Å². The first kappa shape index (κ1) is 18.5. The molecule has 0 aliphatic heterocycles. The number of carbonyl (C=O) groups is 1. The minimum atomic E-state index is -0.520. The van der Waals surface area contributed by atoms with Gasteiger partial charge in [0.25, 0.3) is 0 Å². The van der Waals surface area contributed by atoms with Crippen molar-refractivity contribution in [3.05, 3.63) is 52.0 Å². The van der Waals surface area contributed by atoms with Crippen molar-refractivity contribution in [1.82, 2.24) is 9.55 Å². The van der Waals surface area contributed by atoms with Crippen LogP contribution in [-0.2, 0) is 11.3 Å². The highest BCUT2D eigenvalue weighted by Gasteiger charge is 2.13. The molecule has 4 aromatic rings. The molecule has 2 heterocycles. The molecule has 144 valence electrons. The molecule has 2 aromatic heterocycles. The Kier molecular flexibility index (Phi) is 5.06. The average Bonchev–Trinajstić information content (AvgIpc) is 3.19. The van der Waals surface area contributed by atoms with E-state index in [4.69, 9.17) is 20.8 Å². The van der Waals surface area contributed by atoms with Crippen molar-refractivity contribution in [2.45, 2.75) is 19.9 Å². The molecule has 1 amide bonds. The van der Waals surface area contributed by atoms with Crippen molar-refractivity contribution in [1.29, 1.82) is 0 Å². The summed E-state index contributed by atoms with van der Waals surface area (Å²) in [6, 6.07) is 10.5. The van der Waals surface area contributed by atoms with Gasteiger partial charge >= 0.3 is 5.76 Å². The number of benzene rings is 2. The number of rotatable bonds is 6. The van der Waals surface area contributed by atoms with E-state index in [2.05, 4.69) is 10.3 Å². The third-order valence-corrected chi connectivity index (χ3v) is 5.28. The molecule has 7 nitrogen and oxygen atoms in total. The Labute approximate surface area is 168 Å². The number of halogens is 1. The summed E-state index contributed by atoms with van der Waals surface area (Å²) >= 11 is 7.36. The maximum absolute atomic E-state index is 12.3. The highest BCUT2D eigenvalue weighted by atomic mass is 35.5. The predicted octanol–water partition coefficient (Wildman–Crippen LogP) is 4.29. The van der Waals surface area contributed by atoms with Crippen molar-refractivity contribution < 1.29 is 13.9 Å². The molecule has 2 aromatic carbocycles. The van der Waals surface area contributed by atoms with Crippen molar-refractivity contribution >= 4 is 55.3 Å². The lowest BCUT2D eigenvalue weighted by Gasteiger charge is -2.03. The van der Waals surface area contributed by atoms with Crippen LogP contribution >= 0.6 is 22.9 Å². The monoisotopic (exact) mass is 417 g/mol. The Morgan fingerprint density at radius 2 is 2.18 bits per heavy atom. The van der Waals surface area contributed by atoms with Gasteiger partial charge in [-0.2, -0.15) is 0 Å². The maximum atomic E-state index is 12.3. The summed E-state index contributed by atoms with van der Waals surface area (Å²) in [4.78, 5) is 28.8. The first-order valence-corrected chi connectivity index (χ1v) is 9.85. The topological polar surface area (TPSA) is 86.4 Å². The van der Waals surface area contributed by atoms with Gasteiger partial charge in [0, 0.05) is 18.0 Å². The number of oxazole rings is 1. The fraction of sp³-hybridized carbons (Fsp3) is 0.211. The number of amides is 1. The zero-order valence-electron chi connectivity index (χ0n) is 14.9. The standard InChI is InChI=1S/C19H16ClN3O4S/c1-2-26-12-4-5-13-16(10-12)28-18(21-13)22-17(24)7-8-23-14-9-11(20)3-6-15(14)27-19(23)25/h3-6,9-10H,2,7-8H2,1H3,(H,21,22,24). The van der Waals surface area contributed by atoms with Crippen LogP contribution in [0.3, 0.4) is 0 Å². The molecule has 0 unspecified atom stereocenters. The number of aromatic nitrogens is 2. The number of hydrogen-bond donors (Lipinski definition) is 1. The second-order valence-corrected chi connectivity index (χ2v) is 7.48. The summed E-state index contributed by atoms with van der Waals surface area (Å²) in [6.45, 7) is 2.68. The van der Waals surface area contributed by atoms with Gasteiger partial charge in [-0.15, -0.1) is 0 Å². The molecule has 28 heavy (non-hydrogen) atoms. The van der Waals surface area contributed by atoms with Gasteiger partial charge in [0.05, 0.1) is 22.3 Å². The molecule has 0 radical (unpaired) electrons. The zero-order valence-corrected chi connectivity index (χ0v) is 16.5. The van der Waals surface area contributed by atoms with Crippen molar-refractivity contribution in [2.24, 2.45) is 0 Å². The van der Waals surface area contributed by atoms with Gasteiger partial charge in [-0.25, -0.2) is 9.78 Å². The lowest BCUT2D eigenvalue weighted by Crippen LogP contribution is -2.19. The first-order valence-electron chi connectivity index (χ1n) is 8.65. The molecule has 0 atom stereocenters. The van der Waals surface area contributed by atoms with Gasteiger partial charge in [-0.3, -0.25) is 9.36 Å². The predicted molar refractivity (Wildman–Crippen MR) is 110 cm³/mol. The van der Waals surface area contributed by atoms with Crippen molar-refractivity contribution in [3.63, 3.8) is 0 Å². The van der Waals surface area contributed by atoms with E-state index in [1.807, 2.05) is 25.1 Å². The number of hydrogen-bond acceptors (Lipinski definition) is 6. The summed E-state index contributed by atoms with van der Waals surface area (Å²) in [5.41, 5.74) is 1.79. The molecule has 0 spiro atoms. The fourth-order valence-electron chi connectivity index (χ4n) is 2.86. The quantitative estimate of drug-likeness (QED) is 0.505. The van der Waals surface area contributed by atoms with Crippen LogP contribution in [0.15, 0.2) is 45.6 Å². The summed E-state index contributed by atoms with van der Waals surface area (Å²) in [5.74, 6) is 0.00210. The molecule has 0 fully saturated rings. The van der Waals surface area contributed by atoms with E-state index in [9.17, 15) is 9.59 Å². The van der Waals surface area contributed by atoms with Crippen LogP contribution in [0.2, 0.25) is 5.02 Å². The molecule has 0 bridgehead atoms. The Morgan fingerprint density at radius 1 is 1.32 bits per heavy atom. The van der Waals surface area contributed by atoms with Gasteiger partial charge in [0.2, 0.25) is 5.91 Å². The van der Waals surface area contributed by atoms with Gasteiger partial charge < -0.3 is 14.5 Å². The minimum Gasteiger partial charge on any atom is -0.494 e. The third-order valence-electron chi connectivity index (χ3n) is 4.11. The molecule has 0 saturated carbocycles. The Balaban J connectivity index is 1.46. The van der Waals surface area contributed by atoms with Crippen LogP contribution in [0.5, 0.6) is 5.75 Å². The van der Waals surface area contributed by atoms with Gasteiger partial charge in [0.15, 0.2) is 10.7 Å². The van der Waals surface area contributed by atoms with E-state index in [0.29, 0.717) is 27.9 Å². The van der Waals surface area contributed by atoms with E-state index < -0.39 is 5.76 Å². The molecule has 4 rings (SSSR count). The molecular formula is C19H16ClN3O4S. The van der Waals surface area contributed by atoms with Gasteiger partial charge in [-0.05, 0) is 43.3 Å². The number of aryl methyl sites for hydroxylation is 1. The van der Waals surface area contributed by atoms with E-state index in [-0.39, 0.29) is 18.9 Å². The second-order valence-electron chi connectivity index (χ2n) is 6.01. The fourth-order valence-corrected chi connectivity index (χ4v) is 3.93. The Bertz CT molecular complexity index is 1230. The zero-order chi connectivity index (χ0) is 19.7. The second kappa shape index (κ2) is 7.65. The Hall–Kier alpha value is -2.84. The third kappa shape index (κ3) is 3.74. The normalized spacial score (nSPS) is 11.2. The lowest BCUT2D eigenvalue weighted by atomic mass is 10.3. The lowest BCUT2D eigenvalue weighted by molar-refractivity contribution is -0.116. The van der Waals surface area contributed by atoms with Crippen LogP contribution in [0.4, 0.5) is 5.13 Å². The number of ether oxygens (including phenoxy) is 1. The van der Waals surface area contributed by atoms with Crippen LogP contribution in [0.1, 0.15) is 13.3 Å². The number of fused-ring (bicyclic) bond motifs is 2. The van der Waals surface area contributed by atoms with E-state index >= 15 is 0 Å². The number of nitrogens with one attached hydrogen (secondary N) is 1. The van der Waals surface area contributed by atoms with Crippen molar-refractivity contribution in [2.75, 3.05) is 11.9 Å². The average molecular weight is 418 g/mol. The molecule has 0 aliphatic rings. The summed E-state index contributed by atoms with van der Waals surface area (Å²) in [6.07, 6.45) is 0.0984. The largest absolute Gasteiger partial charge is 0.494 e. The van der Waals surface area contributed by atoms with Crippen molar-refractivity contribution in [3.8, 4) is 5.75 Å². The number of thiazole rings is 1. The van der Waals surface area contributed by atoms with Crippen LogP contribution in [0.25, 0.3) is 21.3 Å². The summed E-state index contributed by atoms with van der Waals surface area (Å²) in [5, 5.41) is 3.77. The molecule has 0 aliphatic carbocycles. The summed E-state index contributed by atoms with van der Waals surface area (Å²) < 4.78 is 13.0. The highest BCUT2D eigenvalue weighted by molar-refractivity contribution is 7.22. The first-order chi connectivity index (χ1) is 13.5. The SMILES string of the molecule is CCOc1ccc2nc(NC(=O)CCn3c(=O)oc4ccc(Cl)cc43)sc2c1.